The van der Waals surface area contributed by atoms with Crippen LogP contribution < -0.4 is 14.8 Å². The number of ether oxygens (including phenoxy) is 2. The first kappa shape index (κ1) is 11.8. The summed E-state index contributed by atoms with van der Waals surface area (Å²) in [6.07, 6.45) is 0. The first-order valence-corrected chi connectivity index (χ1v) is 5.28. The van der Waals surface area contributed by atoms with Crippen molar-refractivity contribution in [2.45, 2.75) is 0 Å². The number of aromatic nitrogens is 4. The lowest BCUT2D eigenvalue weighted by Gasteiger charge is -2.05. The van der Waals surface area contributed by atoms with Gasteiger partial charge in [0.1, 0.15) is 5.69 Å². The molecule has 1 aromatic heterocycles. The number of amides is 1. The number of nitrogens with zero attached hydrogens (tertiary/aromatic N) is 4. The second kappa shape index (κ2) is 4.46. The number of nitrogens with one attached hydrogen (secondary N) is 2. The van der Waals surface area contributed by atoms with E-state index in [0.717, 1.165) is 0 Å². The predicted molar refractivity (Wildman–Crippen MR) is 61.4 cm³/mol. The lowest BCUT2D eigenvalue weighted by atomic mass is 10.2. The number of carbonyl (C=O) groups is 1. The molecular formula is C9H6N6O5. The standard InChI is InChI=1S/C9H6N6O5/c16-9(8-11-13-14-12-8)10-4-1-6-7(20-3-19-6)2-5(4)15(17)18/h1-2H,3H2,(H,10,16)(H,11,12,13,14). The maximum absolute atomic E-state index is 11.8. The quantitative estimate of drug-likeness (QED) is 0.593. The molecule has 0 aliphatic carbocycles. The topological polar surface area (TPSA) is 145 Å². The maximum atomic E-state index is 11.8. The minimum absolute atomic E-state index is 0.0330. The molecule has 1 amide bonds. The zero-order chi connectivity index (χ0) is 14.1. The van der Waals surface area contributed by atoms with Crippen molar-refractivity contribution in [3.05, 3.63) is 28.1 Å². The number of anilines is 1. The molecule has 0 radical (unpaired) electrons. The van der Waals surface area contributed by atoms with Crippen molar-refractivity contribution in [2.24, 2.45) is 0 Å². The molecule has 2 N–H and O–H groups in total. The number of carbonyl (C=O) groups excluding carboxylic acids is 1. The van der Waals surface area contributed by atoms with Crippen LogP contribution in [-0.4, -0.2) is 38.2 Å². The number of aromatic amines is 1. The van der Waals surface area contributed by atoms with E-state index in [4.69, 9.17) is 9.47 Å². The summed E-state index contributed by atoms with van der Waals surface area (Å²) in [4.78, 5) is 22.1. The molecule has 0 spiro atoms. The summed E-state index contributed by atoms with van der Waals surface area (Å²) in [6, 6.07) is 2.48. The lowest BCUT2D eigenvalue weighted by Crippen LogP contribution is -2.15. The van der Waals surface area contributed by atoms with Gasteiger partial charge in [0.05, 0.1) is 11.0 Å². The molecule has 3 rings (SSSR count). The molecule has 0 fully saturated rings. The average molecular weight is 278 g/mol. The highest BCUT2D eigenvalue weighted by Crippen LogP contribution is 2.40. The molecule has 1 aliphatic rings. The van der Waals surface area contributed by atoms with Gasteiger partial charge >= 0.3 is 0 Å². The van der Waals surface area contributed by atoms with Crippen LogP contribution in [0.5, 0.6) is 11.5 Å². The number of tetrazole rings is 1. The van der Waals surface area contributed by atoms with Crippen LogP contribution in [0.25, 0.3) is 0 Å². The number of H-pyrrole nitrogens is 1. The summed E-state index contributed by atoms with van der Waals surface area (Å²) in [5.74, 6) is -0.425. The number of hydrogen-bond donors (Lipinski definition) is 2. The molecule has 2 heterocycles. The minimum atomic E-state index is -0.735. The van der Waals surface area contributed by atoms with Gasteiger partial charge < -0.3 is 14.8 Å². The highest BCUT2D eigenvalue weighted by Gasteiger charge is 2.25. The van der Waals surface area contributed by atoms with E-state index in [-0.39, 0.29) is 29.7 Å². The molecule has 0 saturated heterocycles. The third-order valence-electron chi connectivity index (χ3n) is 2.48. The Kier molecular flexibility index (Phi) is 2.64. The van der Waals surface area contributed by atoms with E-state index < -0.39 is 10.8 Å². The van der Waals surface area contributed by atoms with E-state index in [1.165, 1.54) is 12.1 Å². The van der Waals surface area contributed by atoms with Crippen molar-refractivity contribution >= 4 is 17.3 Å². The summed E-state index contributed by atoms with van der Waals surface area (Å²) >= 11 is 0. The van der Waals surface area contributed by atoms with Crippen LogP contribution in [0.3, 0.4) is 0 Å². The summed E-state index contributed by atoms with van der Waals surface area (Å²) < 4.78 is 10.1. The number of hydrogen-bond acceptors (Lipinski definition) is 8. The summed E-state index contributed by atoms with van der Waals surface area (Å²) in [5.41, 5.74) is -0.375. The summed E-state index contributed by atoms with van der Waals surface area (Å²) in [6.45, 7) is -0.0330. The molecule has 0 unspecified atom stereocenters. The largest absolute Gasteiger partial charge is 0.454 e. The van der Waals surface area contributed by atoms with E-state index in [1.54, 1.807) is 0 Å². The van der Waals surface area contributed by atoms with E-state index in [2.05, 4.69) is 25.9 Å². The molecule has 2 aromatic rings. The Balaban J connectivity index is 1.96. The van der Waals surface area contributed by atoms with Crippen LogP contribution in [0.1, 0.15) is 10.6 Å². The third kappa shape index (κ3) is 1.96. The van der Waals surface area contributed by atoms with E-state index in [9.17, 15) is 14.9 Å². The normalized spacial score (nSPS) is 12.2. The van der Waals surface area contributed by atoms with Crippen molar-refractivity contribution < 1.29 is 19.2 Å². The van der Waals surface area contributed by atoms with Crippen LogP contribution in [0.2, 0.25) is 0 Å². The SMILES string of the molecule is O=C(Nc1cc2c(cc1[N+](=O)[O-])OCO2)c1nn[nH]n1. The fraction of sp³-hybridized carbons (Fsp3) is 0.111. The highest BCUT2D eigenvalue weighted by atomic mass is 16.7. The second-order valence-corrected chi connectivity index (χ2v) is 3.67. The van der Waals surface area contributed by atoms with Crippen molar-refractivity contribution in [3.8, 4) is 11.5 Å². The molecule has 1 aromatic carbocycles. The number of fused-ring (bicyclic) bond motifs is 1. The van der Waals surface area contributed by atoms with Crippen LogP contribution in [-0.2, 0) is 0 Å². The van der Waals surface area contributed by atoms with Crippen LogP contribution in [0.15, 0.2) is 12.1 Å². The van der Waals surface area contributed by atoms with E-state index in [0.29, 0.717) is 5.75 Å². The Morgan fingerprint density at radius 3 is 2.80 bits per heavy atom. The van der Waals surface area contributed by atoms with Gasteiger partial charge in [0.15, 0.2) is 11.5 Å². The van der Waals surface area contributed by atoms with Gasteiger partial charge in [0.25, 0.3) is 17.4 Å². The Morgan fingerprint density at radius 2 is 2.15 bits per heavy atom. The van der Waals surface area contributed by atoms with Crippen molar-refractivity contribution in [1.29, 1.82) is 0 Å². The van der Waals surface area contributed by atoms with Gasteiger partial charge in [0, 0.05) is 6.07 Å². The average Bonchev–Trinajstić information content (AvgIpc) is 3.08. The van der Waals surface area contributed by atoms with Gasteiger partial charge in [-0.3, -0.25) is 14.9 Å². The predicted octanol–water partition coefficient (Wildman–Crippen LogP) is 0.0889. The third-order valence-corrected chi connectivity index (χ3v) is 2.48. The van der Waals surface area contributed by atoms with E-state index >= 15 is 0 Å². The van der Waals surface area contributed by atoms with Gasteiger partial charge in [-0.15, -0.1) is 10.2 Å². The first-order chi connectivity index (χ1) is 9.65. The molecular weight excluding hydrogens is 272 g/mol. The molecule has 0 saturated carbocycles. The molecule has 1 aliphatic heterocycles. The first-order valence-electron chi connectivity index (χ1n) is 5.28. The number of rotatable bonds is 3. The Labute approximate surface area is 110 Å². The monoisotopic (exact) mass is 278 g/mol. The zero-order valence-corrected chi connectivity index (χ0v) is 9.69. The van der Waals surface area contributed by atoms with Crippen LogP contribution in [0.4, 0.5) is 11.4 Å². The van der Waals surface area contributed by atoms with Crippen molar-refractivity contribution in [2.75, 3.05) is 12.1 Å². The van der Waals surface area contributed by atoms with Crippen molar-refractivity contribution in [1.82, 2.24) is 20.6 Å². The number of nitro groups is 1. The van der Waals surface area contributed by atoms with Gasteiger partial charge in [-0.05, 0) is 5.21 Å². The number of nitro benzene ring substituents is 1. The van der Waals surface area contributed by atoms with Gasteiger partial charge in [-0.1, -0.05) is 0 Å². The van der Waals surface area contributed by atoms with Gasteiger partial charge in [0.2, 0.25) is 6.79 Å². The molecule has 11 heteroatoms. The molecule has 20 heavy (non-hydrogen) atoms. The highest BCUT2D eigenvalue weighted by molar-refractivity contribution is 6.03. The van der Waals surface area contributed by atoms with Crippen LogP contribution >= 0.6 is 0 Å². The fourth-order valence-electron chi connectivity index (χ4n) is 1.62. The smallest absolute Gasteiger partial charge is 0.297 e. The Bertz CT molecular complexity index is 684. The fourth-order valence-corrected chi connectivity index (χ4v) is 1.62. The molecule has 0 bridgehead atoms. The Morgan fingerprint density at radius 1 is 1.40 bits per heavy atom. The van der Waals surface area contributed by atoms with Gasteiger partial charge in [-0.2, -0.15) is 5.21 Å². The minimum Gasteiger partial charge on any atom is -0.454 e. The van der Waals surface area contributed by atoms with Crippen molar-refractivity contribution in [3.63, 3.8) is 0 Å². The van der Waals surface area contributed by atoms with Gasteiger partial charge in [-0.25, -0.2) is 0 Å². The summed E-state index contributed by atoms with van der Waals surface area (Å²) in [5, 5.41) is 25.6. The molecule has 0 atom stereocenters. The second-order valence-electron chi connectivity index (χ2n) is 3.67. The maximum Gasteiger partial charge on any atom is 0.297 e. The van der Waals surface area contributed by atoms with E-state index in [1.807, 2.05) is 0 Å². The van der Waals surface area contributed by atoms with Crippen LogP contribution in [0, 0.1) is 10.1 Å². The summed E-state index contributed by atoms with van der Waals surface area (Å²) in [7, 11) is 0. The lowest BCUT2D eigenvalue weighted by molar-refractivity contribution is -0.384. The molecule has 102 valence electrons. The Hall–Kier alpha value is -3.24. The zero-order valence-electron chi connectivity index (χ0n) is 9.69. The number of benzene rings is 1. The molecule has 11 nitrogen and oxygen atoms in total.